The van der Waals surface area contributed by atoms with Crippen LogP contribution in [0.3, 0.4) is 0 Å². The van der Waals surface area contributed by atoms with E-state index in [0.717, 1.165) is 6.92 Å². The summed E-state index contributed by atoms with van der Waals surface area (Å²) < 4.78 is 73.6. The monoisotopic (exact) mass is 196 g/mol. The minimum Gasteiger partial charge on any atom is -0.316 e. The van der Waals surface area contributed by atoms with Crippen molar-refractivity contribution >= 4 is 0 Å². The Morgan fingerprint density at radius 2 is 1.58 bits per heavy atom. The molecule has 0 aromatic heterocycles. The first-order chi connectivity index (χ1) is 5.25. The van der Waals surface area contributed by atoms with Gasteiger partial charge >= 0.3 is 18.5 Å². The van der Waals surface area contributed by atoms with Gasteiger partial charge in [-0.15, -0.1) is 0 Å². The lowest BCUT2D eigenvalue weighted by atomic mass is 10.3. The normalized spacial score (nSPS) is 14.0. The summed E-state index contributed by atoms with van der Waals surface area (Å²) in [4.78, 5) is 0. The molecule has 0 aliphatic heterocycles. The Kier molecular flexibility index (Phi) is 3.37. The second kappa shape index (κ2) is 3.51. The third kappa shape index (κ3) is 2.02. The quantitative estimate of drug-likeness (QED) is 0.627. The molecule has 0 amide bonds. The van der Waals surface area contributed by atoms with E-state index in [1.807, 2.05) is 0 Å². The van der Waals surface area contributed by atoms with Crippen molar-refractivity contribution in [1.29, 1.82) is 0 Å². The zero-order valence-corrected chi connectivity index (χ0v) is 5.96. The Bertz CT molecular complexity index is 145. The van der Waals surface area contributed by atoms with Gasteiger partial charge in [-0.1, -0.05) is 0 Å². The first-order valence-electron chi connectivity index (χ1n) is 2.93. The molecule has 0 fully saturated rings. The van der Waals surface area contributed by atoms with Gasteiger partial charge in [0.15, 0.2) is 0 Å². The van der Waals surface area contributed by atoms with Gasteiger partial charge in [0.05, 0.1) is 6.61 Å². The summed E-state index contributed by atoms with van der Waals surface area (Å²) in [5, 5.41) is 0. The second-order valence-electron chi connectivity index (χ2n) is 1.87. The number of hydrogen-bond donors (Lipinski definition) is 0. The van der Waals surface area contributed by atoms with Crippen molar-refractivity contribution in [3.8, 4) is 0 Å². The summed E-state index contributed by atoms with van der Waals surface area (Å²) in [6.45, 7) is 0.227. The van der Waals surface area contributed by atoms with E-state index in [9.17, 15) is 26.3 Å². The number of halogens is 6. The summed E-state index contributed by atoms with van der Waals surface area (Å²) in [7, 11) is 0. The molecule has 7 heteroatoms. The fraction of sp³-hybridized carbons (Fsp3) is 1.00. The van der Waals surface area contributed by atoms with Crippen LogP contribution in [0.5, 0.6) is 0 Å². The van der Waals surface area contributed by atoms with Crippen molar-refractivity contribution in [3.05, 3.63) is 0 Å². The van der Waals surface area contributed by atoms with E-state index in [0.29, 0.717) is 0 Å². The number of alkyl halides is 6. The number of hydrogen-bond acceptors (Lipinski definition) is 1. The van der Waals surface area contributed by atoms with Crippen LogP contribution >= 0.6 is 0 Å². The van der Waals surface area contributed by atoms with Gasteiger partial charge in [-0.2, -0.15) is 17.6 Å². The Morgan fingerprint density at radius 1 is 1.17 bits per heavy atom. The fourth-order valence-corrected chi connectivity index (χ4v) is 0.405. The molecule has 74 valence electrons. The molecule has 0 aromatic rings. The summed E-state index contributed by atoms with van der Waals surface area (Å²) in [5.74, 6) is -5.44. The number of rotatable bonds is 4. The van der Waals surface area contributed by atoms with E-state index < -0.39 is 25.1 Å². The zero-order valence-electron chi connectivity index (χ0n) is 5.96. The van der Waals surface area contributed by atoms with Gasteiger partial charge in [-0.25, -0.2) is 8.78 Å². The molecule has 12 heavy (non-hydrogen) atoms. The van der Waals surface area contributed by atoms with Crippen molar-refractivity contribution in [2.75, 3.05) is 6.61 Å². The predicted octanol–water partition coefficient (Wildman–Crippen LogP) is 2.52. The first kappa shape index (κ1) is 11.5. The SMILES string of the molecule is CCOC(F)(F)C(F)(F)C(F)F. The van der Waals surface area contributed by atoms with Gasteiger partial charge in [-0.3, -0.25) is 0 Å². The van der Waals surface area contributed by atoms with Crippen molar-refractivity contribution in [3.63, 3.8) is 0 Å². The van der Waals surface area contributed by atoms with E-state index in [4.69, 9.17) is 0 Å². The van der Waals surface area contributed by atoms with Gasteiger partial charge in [0, 0.05) is 0 Å². The highest BCUT2D eigenvalue weighted by molar-refractivity contribution is 4.79. The largest absolute Gasteiger partial charge is 0.425 e. The fourth-order valence-electron chi connectivity index (χ4n) is 0.405. The lowest BCUT2D eigenvalue weighted by molar-refractivity contribution is -0.372. The maximum absolute atomic E-state index is 12.0. The highest BCUT2D eigenvalue weighted by Crippen LogP contribution is 2.39. The van der Waals surface area contributed by atoms with Gasteiger partial charge in [-0.05, 0) is 6.92 Å². The Balaban J connectivity index is 4.50. The molecule has 0 saturated carbocycles. The van der Waals surface area contributed by atoms with Crippen LogP contribution < -0.4 is 0 Å². The van der Waals surface area contributed by atoms with Gasteiger partial charge in [0.1, 0.15) is 0 Å². The predicted molar refractivity (Wildman–Crippen MR) is 27.5 cm³/mol. The summed E-state index contributed by atoms with van der Waals surface area (Å²) >= 11 is 0. The Labute approximate surface area is 64.3 Å². The van der Waals surface area contributed by atoms with E-state index in [1.54, 1.807) is 0 Å². The highest BCUT2D eigenvalue weighted by atomic mass is 19.3. The Morgan fingerprint density at radius 3 is 1.83 bits per heavy atom. The minimum absolute atomic E-state index is 0.769. The van der Waals surface area contributed by atoms with Crippen molar-refractivity contribution < 1.29 is 31.1 Å². The van der Waals surface area contributed by atoms with Gasteiger partial charge in [0.2, 0.25) is 0 Å². The third-order valence-corrected chi connectivity index (χ3v) is 0.988. The molecule has 0 spiro atoms. The van der Waals surface area contributed by atoms with Crippen LogP contribution in [0.4, 0.5) is 26.3 Å². The molecule has 0 aliphatic rings. The van der Waals surface area contributed by atoms with Crippen LogP contribution in [0.25, 0.3) is 0 Å². The maximum atomic E-state index is 12.0. The molecule has 0 rings (SSSR count). The number of ether oxygens (including phenoxy) is 1. The van der Waals surface area contributed by atoms with Gasteiger partial charge in [0.25, 0.3) is 0 Å². The average molecular weight is 196 g/mol. The second-order valence-corrected chi connectivity index (χ2v) is 1.87. The lowest BCUT2D eigenvalue weighted by Crippen LogP contribution is -2.48. The summed E-state index contributed by atoms with van der Waals surface area (Å²) in [5.41, 5.74) is 0. The van der Waals surface area contributed by atoms with Crippen LogP contribution in [0.1, 0.15) is 6.92 Å². The molecular formula is C5H6F6O. The Hall–Kier alpha value is -0.460. The molecule has 0 N–H and O–H groups in total. The smallest absolute Gasteiger partial charge is 0.316 e. The average Bonchev–Trinajstić information content (AvgIpc) is 1.86. The first-order valence-corrected chi connectivity index (χ1v) is 2.93. The van der Waals surface area contributed by atoms with E-state index in [2.05, 4.69) is 4.74 Å². The zero-order chi connectivity index (χ0) is 9.99. The molecule has 0 aliphatic carbocycles. The van der Waals surface area contributed by atoms with Crippen LogP contribution in [-0.4, -0.2) is 25.1 Å². The van der Waals surface area contributed by atoms with Crippen LogP contribution in [0, 0.1) is 0 Å². The molecule has 1 nitrogen and oxygen atoms in total. The third-order valence-electron chi connectivity index (χ3n) is 0.988. The molecule has 0 radical (unpaired) electrons. The molecule has 0 aromatic carbocycles. The molecule has 0 heterocycles. The molecule has 0 bridgehead atoms. The molecule has 0 saturated heterocycles. The maximum Gasteiger partial charge on any atom is 0.425 e. The summed E-state index contributed by atoms with van der Waals surface area (Å²) in [6, 6.07) is 0. The lowest BCUT2D eigenvalue weighted by Gasteiger charge is -2.24. The van der Waals surface area contributed by atoms with Crippen LogP contribution in [0.15, 0.2) is 0 Å². The van der Waals surface area contributed by atoms with E-state index in [1.165, 1.54) is 0 Å². The molecule has 0 unspecified atom stereocenters. The van der Waals surface area contributed by atoms with Crippen molar-refractivity contribution in [2.45, 2.75) is 25.4 Å². The standard InChI is InChI=1S/C5H6F6O/c1-2-12-5(10,11)4(8,9)3(6)7/h3H,2H2,1H3. The molecule has 0 atom stereocenters. The topological polar surface area (TPSA) is 9.23 Å². The van der Waals surface area contributed by atoms with Crippen molar-refractivity contribution in [2.24, 2.45) is 0 Å². The summed E-state index contributed by atoms with van der Waals surface area (Å²) in [6.07, 6.45) is -9.56. The minimum atomic E-state index is -5.44. The van der Waals surface area contributed by atoms with Gasteiger partial charge < -0.3 is 4.74 Å². The van der Waals surface area contributed by atoms with E-state index >= 15 is 0 Å². The van der Waals surface area contributed by atoms with E-state index in [-0.39, 0.29) is 0 Å². The van der Waals surface area contributed by atoms with Crippen molar-refractivity contribution in [1.82, 2.24) is 0 Å². The van der Waals surface area contributed by atoms with Crippen LogP contribution in [0.2, 0.25) is 0 Å². The highest BCUT2D eigenvalue weighted by Gasteiger charge is 2.64. The molecular weight excluding hydrogens is 190 g/mol. The van der Waals surface area contributed by atoms with Crippen LogP contribution in [-0.2, 0) is 4.74 Å².